The van der Waals surface area contributed by atoms with E-state index in [1.165, 1.54) is 42.7 Å². The van der Waals surface area contributed by atoms with E-state index in [0.717, 1.165) is 0 Å². The van der Waals surface area contributed by atoms with Crippen LogP contribution in [0.1, 0.15) is 18.2 Å². The molecule has 3 aromatic rings. The minimum Gasteiger partial charge on any atom is -0.467 e. The predicted molar refractivity (Wildman–Crippen MR) is 97.8 cm³/mol. The van der Waals surface area contributed by atoms with E-state index >= 15 is 0 Å². The third-order valence-electron chi connectivity index (χ3n) is 3.82. The number of hydrogen-bond acceptors (Lipinski definition) is 5. The standard InChI is InChI=1S/C19H16FN3O4/c20-13-3-5-15(6-4-13)22-19(24)12-17(18-2-1-11-27-18)21-14-7-9-16(10-8-14)23(25)26/h1-11,17,21H,12H2,(H,22,24). The van der Waals surface area contributed by atoms with Crippen LogP contribution >= 0.6 is 0 Å². The highest BCUT2D eigenvalue weighted by atomic mass is 19.1. The Labute approximate surface area is 154 Å². The number of nitrogens with zero attached hydrogens (tertiary/aromatic N) is 1. The monoisotopic (exact) mass is 369 g/mol. The molecule has 27 heavy (non-hydrogen) atoms. The quantitative estimate of drug-likeness (QED) is 0.472. The van der Waals surface area contributed by atoms with Crippen LogP contribution in [0.15, 0.2) is 71.3 Å². The van der Waals surface area contributed by atoms with Gasteiger partial charge in [0.25, 0.3) is 5.69 Å². The largest absolute Gasteiger partial charge is 0.467 e. The molecular weight excluding hydrogens is 353 g/mol. The van der Waals surface area contributed by atoms with Crippen molar-refractivity contribution < 1.29 is 18.5 Å². The Bertz CT molecular complexity index is 909. The second-order valence-corrected chi connectivity index (χ2v) is 5.78. The lowest BCUT2D eigenvalue weighted by molar-refractivity contribution is -0.384. The first-order valence-corrected chi connectivity index (χ1v) is 8.11. The van der Waals surface area contributed by atoms with Crippen molar-refractivity contribution in [2.24, 2.45) is 0 Å². The fourth-order valence-electron chi connectivity index (χ4n) is 2.52. The molecule has 2 aromatic carbocycles. The van der Waals surface area contributed by atoms with Gasteiger partial charge in [0.1, 0.15) is 11.6 Å². The summed E-state index contributed by atoms with van der Waals surface area (Å²) in [6, 6.07) is 14.3. The highest BCUT2D eigenvalue weighted by Crippen LogP contribution is 2.25. The molecule has 1 aromatic heterocycles. The Morgan fingerprint density at radius 2 is 1.74 bits per heavy atom. The number of carbonyl (C=O) groups is 1. The first-order chi connectivity index (χ1) is 13.0. The van der Waals surface area contributed by atoms with E-state index in [2.05, 4.69) is 10.6 Å². The first kappa shape index (κ1) is 18.1. The minimum absolute atomic E-state index is 0.0239. The third-order valence-corrected chi connectivity index (χ3v) is 3.82. The van der Waals surface area contributed by atoms with Crippen molar-refractivity contribution in [1.82, 2.24) is 0 Å². The summed E-state index contributed by atoms with van der Waals surface area (Å²) in [7, 11) is 0. The van der Waals surface area contributed by atoms with Crippen molar-refractivity contribution in [3.63, 3.8) is 0 Å². The van der Waals surface area contributed by atoms with E-state index in [9.17, 15) is 19.3 Å². The van der Waals surface area contributed by atoms with E-state index in [1.807, 2.05) is 0 Å². The number of amides is 1. The van der Waals surface area contributed by atoms with Crippen LogP contribution in [-0.2, 0) is 4.79 Å². The van der Waals surface area contributed by atoms with Crippen molar-refractivity contribution in [2.75, 3.05) is 10.6 Å². The summed E-state index contributed by atoms with van der Waals surface area (Å²) < 4.78 is 18.4. The Morgan fingerprint density at radius 1 is 1.07 bits per heavy atom. The molecule has 0 aliphatic rings. The van der Waals surface area contributed by atoms with Crippen LogP contribution < -0.4 is 10.6 Å². The lowest BCUT2D eigenvalue weighted by Crippen LogP contribution is -2.20. The van der Waals surface area contributed by atoms with Gasteiger partial charge in [-0.25, -0.2) is 4.39 Å². The molecule has 0 bridgehead atoms. The van der Waals surface area contributed by atoms with Crippen molar-refractivity contribution >= 4 is 23.0 Å². The fraction of sp³-hybridized carbons (Fsp3) is 0.105. The van der Waals surface area contributed by atoms with Crippen LogP contribution in [0.5, 0.6) is 0 Å². The van der Waals surface area contributed by atoms with Crippen molar-refractivity contribution in [3.8, 4) is 0 Å². The van der Waals surface area contributed by atoms with Gasteiger partial charge in [0.05, 0.1) is 23.6 Å². The SMILES string of the molecule is O=C(CC(Nc1ccc([N+](=O)[O-])cc1)c1ccco1)Nc1ccc(F)cc1. The van der Waals surface area contributed by atoms with Gasteiger partial charge in [0, 0.05) is 23.5 Å². The van der Waals surface area contributed by atoms with Gasteiger partial charge in [-0.3, -0.25) is 14.9 Å². The van der Waals surface area contributed by atoms with Crippen LogP contribution in [0.2, 0.25) is 0 Å². The molecule has 0 saturated heterocycles. The number of carbonyl (C=O) groups excluding carboxylic acids is 1. The molecule has 1 amide bonds. The molecule has 0 fully saturated rings. The van der Waals surface area contributed by atoms with Crippen LogP contribution in [-0.4, -0.2) is 10.8 Å². The maximum absolute atomic E-state index is 13.0. The molecule has 1 unspecified atom stereocenters. The van der Waals surface area contributed by atoms with Crippen molar-refractivity contribution in [2.45, 2.75) is 12.5 Å². The number of anilines is 2. The molecule has 0 aliphatic carbocycles. The summed E-state index contributed by atoms with van der Waals surface area (Å²) in [5.41, 5.74) is 1.07. The number of non-ortho nitro benzene ring substituents is 1. The molecule has 138 valence electrons. The van der Waals surface area contributed by atoms with E-state index in [-0.39, 0.29) is 23.8 Å². The first-order valence-electron chi connectivity index (χ1n) is 8.11. The zero-order chi connectivity index (χ0) is 19.2. The van der Waals surface area contributed by atoms with Crippen molar-refractivity contribution in [3.05, 3.63) is 88.6 Å². The number of hydrogen-bond donors (Lipinski definition) is 2. The van der Waals surface area contributed by atoms with Crippen LogP contribution in [0.25, 0.3) is 0 Å². The molecule has 1 heterocycles. The molecule has 1 atom stereocenters. The highest BCUT2D eigenvalue weighted by molar-refractivity contribution is 5.91. The topological polar surface area (TPSA) is 97.4 Å². The minimum atomic E-state index is -0.484. The third kappa shape index (κ3) is 4.91. The maximum Gasteiger partial charge on any atom is 0.269 e. The molecule has 2 N–H and O–H groups in total. The molecule has 8 heteroatoms. The highest BCUT2D eigenvalue weighted by Gasteiger charge is 2.19. The lowest BCUT2D eigenvalue weighted by atomic mass is 10.1. The van der Waals surface area contributed by atoms with E-state index < -0.39 is 11.0 Å². The Morgan fingerprint density at radius 3 is 2.33 bits per heavy atom. The number of nitro benzene ring substituents is 1. The normalized spacial score (nSPS) is 11.6. The van der Waals surface area contributed by atoms with E-state index in [0.29, 0.717) is 17.1 Å². The Hall–Kier alpha value is -3.68. The predicted octanol–water partition coefficient (Wildman–Crippen LogP) is 4.51. The number of halogens is 1. The summed E-state index contributed by atoms with van der Waals surface area (Å²) in [6.07, 6.45) is 1.54. The smallest absolute Gasteiger partial charge is 0.269 e. The van der Waals surface area contributed by atoms with Crippen LogP contribution in [0, 0.1) is 15.9 Å². The molecule has 0 radical (unpaired) electrons. The second kappa shape index (κ2) is 8.13. The summed E-state index contributed by atoms with van der Waals surface area (Å²) >= 11 is 0. The van der Waals surface area contributed by atoms with Gasteiger partial charge >= 0.3 is 0 Å². The summed E-state index contributed by atoms with van der Waals surface area (Å²) in [6.45, 7) is 0. The van der Waals surface area contributed by atoms with Gasteiger partial charge in [0.15, 0.2) is 0 Å². The number of benzene rings is 2. The zero-order valence-electron chi connectivity index (χ0n) is 14.1. The average Bonchev–Trinajstić information content (AvgIpc) is 3.18. The van der Waals surface area contributed by atoms with Gasteiger partial charge in [0.2, 0.25) is 5.91 Å². The lowest BCUT2D eigenvalue weighted by Gasteiger charge is -2.17. The maximum atomic E-state index is 13.0. The summed E-state index contributed by atoms with van der Waals surface area (Å²) in [5, 5.41) is 16.6. The molecule has 3 rings (SSSR count). The fourth-order valence-corrected chi connectivity index (χ4v) is 2.52. The zero-order valence-corrected chi connectivity index (χ0v) is 14.1. The van der Waals surface area contributed by atoms with Gasteiger partial charge in [-0.15, -0.1) is 0 Å². The summed E-state index contributed by atoms with van der Waals surface area (Å²) in [5.74, 6) is -0.138. The molecule has 7 nitrogen and oxygen atoms in total. The second-order valence-electron chi connectivity index (χ2n) is 5.78. The van der Waals surface area contributed by atoms with Gasteiger partial charge < -0.3 is 15.1 Å². The van der Waals surface area contributed by atoms with Gasteiger partial charge in [-0.1, -0.05) is 0 Å². The average molecular weight is 369 g/mol. The number of nitro groups is 1. The number of furan rings is 1. The number of rotatable bonds is 7. The van der Waals surface area contributed by atoms with E-state index in [4.69, 9.17) is 4.42 Å². The molecule has 0 spiro atoms. The van der Waals surface area contributed by atoms with Crippen LogP contribution in [0.3, 0.4) is 0 Å². The Balaban J connectivity index is 1.70. The molecular formula is C19H16FN3O4. The summed E-state index contributed by atoms with van der Waals surface area (Å²) in [4.78, 5) is 22.6. The van der Waals surface area contributed by atoms with Crippen molar-refractivity contribution in [1.29, 1.82) is 0 Å². The number of nitrogens with one attached hydrogen (secondary N) is 2. The van der Waals surface area contributed by atoms with Gasteiger partial charge in [-0.05, 0) is 48.5 Å². The van der Waals surface area contributed by atoms with Crippen LogP contribution in [0.4, 0.5) is 21.5 Å². The van der Waals surface area contributed by atoms with E-state index in [1.54, 1.807) is 24.3 Å². The van der Waals surface area contributed by atoms with Gasteiger partial charge in [-0.2, -0.15) is 0 Å². The Kier molecular flexibility index (Phi) is 5.46. The molecule has 0 saturated carbocycles. The molecule has 0 aliphatic heterocycles.